The number of hydrogen-bond donors (Lipinski definition) is 1. The molecule has 0 saturated carbocycles. The monoisotopic (exact) mass is 378 g/mol. The minimum atomic E-state index is -0.425. The lowest BCUT2D eigenvalue weighted by Crippen LogP contribution is -2.30. The number of oxazole rings is 1. The predicted octanol–water partition coefficient (Wildman–Crippen LogP) is 1.77. The second-order valence-electron chi connectivity index (χ2n) is 6.99. The molecule has 4 heterocycles. The van der Waals surface area contributed by atoms with Crippen LogP contribution in [-0.2, 0) is 6.54 Å². The van der Waals surface area contributed by atoms with Crippen LogP contribution >= 0.6 is 0 Å². The Morgan fingerprint density at radius 3 is 2.75 bits per heavy atom. The quantitative estimate of drug-likeness (QED) is 0.744. The minimum Gasteiger partial charge on any atom is -0.446 e. The second kappa shape index (κ2) is 6.59. The highest BCUT2D eigenvalue weighted by Gasteiger charge is 2.38. The summed E-state index contributed by atoms with van der Waals surface area (Å²) in [6.45, 7) is 1.95. The summed E-state index contributed by atoms with van der Waals surface area (Å²) in [7, 11) is 0. The number of rotatable bonds is 3. The van der Waals surface area contributed by atoms with Crippen molar-refractivity contribution < 1.29 is 14.0 Å². The minimum absolute atomic E-state index is 0.0385. The Labute approximate surface area is 160 Å². The van der Waals surface area contributed by atoms with E-state index in [1.807, 2.05) is 23.1 Å². The van der Waals surface area contributed by atoms with Gasteiger partial charge in [-0.05, 0) is 36.1 Å². The molecule has 0 spiro atoms. The number of carbonyl (C=O) groups excluding carboxylic acids is 2. The van der Waals surface area contributed by atoms with E-state index in [1.54, 1.807) is 11.1 Å². The van der Waals surface area contributed by atoms with E-state index in [1.165, 1.54) is 12.7 Å². The molecule has 0 bridgehead atoms. The van der Waals surface area contributed by atoms with Crippen LogP contribution in [0, 0.1) is 0 Å². The topological polar surface area (TPSA) is 108 Å². The fourth-order valence-corrected chi connectivity index (χ4v) is 3.99. The van der Waals surface area contributed by atoms with E-state index in [0.717, 1.165) is 37.1 Å². The molecule has 9 nitrogen and oxygen atoms in total. The predicted molar refractivity (Wildman–Crippen MR) is 96.2 cm³/mol. The van der Waals surface area contributed by atoms with Gasteiger partial charge >= 0.3 is 0 Å². The van der Waals surface area contributed by atoms with Gasteiger partial charge in [0.15, 0.2) is 12.2 Å². The summed E-state index contributed by atoms with van der Waals surface area (Å²) >= 11 is 0. The van der Waals surface area contributed by atoms with Gasteiger partial charge in [-0.1, -0.05) is 6.07 Å². The van der Waals surface area contributed by atoms with E-state index in [9.17, 15) is 9.59 Å². The van der Waals surface area contributed by atoms with Crippen molar-refractivity contribution in [3.8, 4) is 0 Å². The van der Waals surface area contributed by atoms with Gasteiger partial charge < -0.3 is 14.2 Å². The van der Waals surface area contributed by atoms with E-state index in [2.05, 4.69) is 20.2 Å². The number of fused-ring (bicyclic) bond motifs is 1. The Morgan fingerprint density at radius 1 is 1.18 bits per heavy atom. The van der Waals surface area contributed by atoms with Crippen LogP contribution in [0.15, 0.2) is 41.5 Å². The van der Waals surface area contributed by atoms with Gasteiger partial charge in [-0.3, -0.25) is 14.7 Å². The molecular formula is C19H18N6O3. The van der Waals surface area contributed by atoms with E-state index in [4.69, 9.17) is 4.42 Å². The molecule has 5 rings (SSSR count). The maximum Gasteiger partial charge on any atom is 0.292 e. The second-order valence-corrected chi connectivity index (χ2v) is 6.99. The number of hydrogen-bond acceptors (Lipinski definition) is 6. The molecule has 1 fully saturated rings. The molecule has 1 atom stereocenters. The average Bonchev–Trinajstić information content (AvgIpc) is 3.51. The number of amides is 2. The zero-order valence-electron chi connectivity index (χ0n) is 15.0. The van der Waals surface area contributed by atoms with Crippen LogP contribution in [0.2, 0.25) is 0 Å². The van der Waals surface area contributed by atoms with Gasteiger partial charge in [0.25, 0.3) is 11.8 Å². The van der Waals surface area contributed by atoms with Crippen molar-refractivity contribution in [3.05, 3.63) is 65.4 Å². The summed E-state index contributed by atoms with van der Waals surface area (Å²) in [5.41, 5.74) is 2.48. The summed E-state index contributed by atoms with van der Waals surface area (Å²) in [6.07, 6.45) is 6.33. The number of aromatic nitrogens is 4. The lowest BCUT2D eigenvalue weighted by atomic mass is 10.00. The third-order valence-electron chi connectivity index (χ3n) is 5.33. The van der Waals surface area contributed by atoms with E-state index < -0.39 is 6.04 Å². The maximum atomic E-state index is 13.0. The fourth-order valence-electron chi connectivity index (χ4n) is 3.99. The van der Waals surface area contributed by atoms with Crippen LogP contribution in [0.3, 0.4) is 0 Å². The van der Waals surface area contributed by atoms with Crippen molar-refractivity contribution in [3.63, 3.8) is 0 Å². The third-order valence-corrected chi connectivity index (χ3v) is 5.33. The summed E-state index contributed by atoms with van der Waals surface area (Å²) in [5, 5.41) is 6.38. The summed E-state index contributed by atoms with van der Waals surface area (Å²) in [5.74, 6) is 0.468. The van der Waals surface area contributed by atoms with Crippen molar-refractivity contribution in [2.45, 2.75) is 25.4 Å². The Bertz CT molecular complexity index is 1010. The van der Waals surface area contributed by atoms with Gasteiger partial charge in [-0.25, -0.2) is 9.97 Å². The largest absolute Gasteiger partial charge is 0.446 e. The van der Waals surface area contributed by atoms with Gasteiger partial charge in [0.2, 0.25) is 5.82 Å². The summed E-state index contributed by atoms with van der Waals surface area (Å²) < 4.78 is 5.50. The zero-order chi connectivity index (χ0) is 19.1. The highest BCUT2D eigenvalue weighted by Crippen LogP contribution is 2.39. The molecule has 28 heavy (non-hydrogen) atoms. The van der Waals surface area contributed by atoms with Gasteiger partial charge in [-0.2, -0.15) is 5.10 Å². The Kier molecular flexibility index (Phi) is 3.92. The molecule has 1 saturated heterocycles. The molecule has 3 aromatic rings. The molecule has 1 unspecified atom stereocenters. The van der Waals surface area contributed by atoms with Crippen LogP contribution in [0.5, 0.6) is 0 Å². The first kappa shape index (κ1) is 16.7. The van der Waals surface area contributed by atoms with Crippen molar-refractivity contribution in [1.82, 2.24) is 30.0 Å². The van der Waals surface area contributed by atoms with Crippen molar-refractivity contribution in [2.75, 3.05) is 13.1 Å². The normalized spacial score (nSPS) is 18.5. The van der Waals surface area contributed by atoms with Gasteiger partial charge in [-0.15, -0.1) is 0 Å². The number of aromatic amines is 1. The fraction of sp³-hybridized carbons (Fsp3) is 0.316. The van der Waals surface area contributed by atoms with Gasteiger partial charge in [0.1, 0.15) is 12.4 Å². The van der Waals surface area contributed by atoms with Crippen LogP contribution < -0.4 is 0 Å². The van der Waals surface area contributed by atoms with Crippen molar-refractivity contribution >= 4 is 11.8 Å². The molecule has 1 aromatic carbocycles. The van der Waals surface area contributed by atoms with Gasteiger partial charge in [0, 0.05) is 25.2 Å². The van der Waals surface area contributed by atoms with Crippen molar-refractivity contribution in [1.29, 1.82) is 0 Å². The molecule has 2 aromatic heterocycles. The molecule has 1 N–H and O–H groups in total. The SMILES string of the molecule is O=C(c1ccc2c(c1)CN(C(=O)c1ncn[nH]1)C2c1cnco1)N1CCCC1. The molecule has 142 valence electrons. The van der Waals surface area contributed by atoms with Crippen molar-refractivity contribution in [2.24, 2.45) is 0 Å². The van der Waals surface area contributed by atoms with Crippen LogP contribution in [0.25, 0.3) is 0 Å². The molecule has 2 aliphatic rings. The highest BCUT2D eigenvalue weighted by molar-refractivity contribution is 5.95. The Balaban J connectivity index is 1.51. The van der Waals surface area contributed by atoms with E-state index in [0.29, 0.717) is 17.9 Å². The standard InChI is InChI=1S/C19H18N6O3/c26-18(24-5-1-2-6-24)12-3-4-14-13(7-12)9-25(16(14)15-8-20-11-28-15)19(27)17-21-10-22-23-17/h3-4,7-8,10-11,16H,1-2,5-6,9H2,(H,21,22,23). The molecule has 2 amide bonds. The third kappa shape index (κ3) is 2.67. The van der Waals surface area contributed by atoms with E-state index >= 15 is 0 Å². The smallest absolute Gasteiger partial charge is 0.292 e. The number of carbonyl (C=O) groups is 2. The first-order chi connectivity index (χ1) is 13.7. The zero-order valence-corrected chi connectivity index (χ0v) is 15.0. The van der Waals surface area contributed by atoms with Crippen LogP contribution in [-0.4, -0.2) is 54.9 Å². The number of likely N-dealkylation sites (tertiary alicyclic amines) is 1. The molecule has 0 radical (unpaired) electrons. The Morgan fingerprint density at radius 2 is 2.04 bits per heavy atom. The van der Waals surface area contributed by atoms with Crippen LogP contribution in [0.1, 0.15) is 56.7 Å². The highest BCUT2D eigenvalue weighted by atomic mass is 16.3. The maximum absolute atomic E-state index is 13.0. The summed E-state index contributed by atoms with van der Waals surface area (Å²) in [6, 6.07) is 5.18. The number of benzene rings is 1. The molecule has 0 aliphatic carbocycles. The molecule has 9 heteroatoms. The number of H-pyrrole nitrogens is 1. The number of nitrogens with zero attached hydrogens (tertiary/aromatic N) is 5. The van der Waals surface area contributed by atoms with E-state index in [-0.39, 0.29) is 17.6 Å². The number of nitrogens with one attached hydrogen (secondary N) is 1. The Hall–Kier alpha value is -3.49. The lowest BCUT2D eigenvalue weighted by Gasteiger charge is -2.22. The lowest BCUT2D eigenvalue weighted by molar-refractivity contribution is 0.0691. The van der Waals surface area contributed by atoms with Gasteiger partial charge in [0.05, 0.1) is 6.20 Å². The van der Waals surface area contributed by atoms with Crippen LogP contribution in [0.4, 0.5) is 0 Å². The first-order valence-corrected chi connectivity index (χ1v) is 9.19. The summed E-state index contributed by atoms with van der Waals surface area (Å²) in [4.78, 5) is 37.2. The molecule has 2 aliphatic heterocycles. The first-order valence-electron chi connectivity index (χ1n) is 9.19. The molecular weight excluding hydrogens is 360 g/mol. The average molecular weight is 378 g/mol.